The third-order valence-corrected chi connectivity index (χ3v) is 1.30. The van der Waals surface area contributed by atoms with Gasteiger partial charge in [0.2, 0.25) is 0 Å². The first-order valence-electron chi connectivity index (χ1n) is 3.65. The molecule has 1 rings (SSSR count). The number of halogens is 3. The van der Waals surface area contributed by atoms with Crippen LogP contribution in [0.2, 0.25) is 0 Å². The fourth-order valence-electron chi connectivity index (χ4n) is 0.459. The lowest BCUT2D eigenvalue weighted by molar-refractivity contribution is -0.192. The molecule has 14 heavy (non-hydrogen) atoms. The van der Waals surface area contributed by atoms with Gasteiger partial charge in [-0.25, -0.2) is 4.79 Å². The van der Waals surface area contributed by atoms with Crippen LogP contribution in [-0.2, 0) is 4.79 Å². The van der Waals surface area contributed by atoms with E-state index >= 15 is 0 Å². The molecule has 0 aliphatic carbocycles. The van der Waals surface area contributed by atoms with Gasteiger partial charge in [-0.15, -0.1) is 0 Å². The van der Waals surface area contributed by atoms with Crippen molar-refractivity contribution in [3.63, 3.8) is 0 Å². The molecule has 0 saturated carbocycles. The molecule has 1 heterocycles. The Balaban J connectivity index is 0.000000241. The molecule has 0 unspecified atom stereocenters. The number of nitrogens with two attached hydrogens (primary N) is 1. The van der Waals surface area contributed by atoms with Gasteiger partial charge in [-0.1, -0.05) is 0 Å². The maximum absolute atomic E-state index is 10.6. The van der Waals surface area contributed by atoms with Crippen molar-refractivity contribution in [1.82, 2.24) is 0 Å². The van der Waals surface area contributed by atoms with Gasteiger partial charge in [0.25, 0.3) is 0 Å². The van der Waals surface area contributed by atoms with Crippen LogP contribution in [0.3, 0.4) is 0 Å². The van der Waals surface area contributed by atoms with Crippen LogP contribution in [0.5, 0.6) is 0 Å². The molecule has 0 bridgehead atoms. The van der Waals surface area contributed by atoms with Crippen LogP contribution in [-0.4, -0.2) is 29.5 Å². The van der Waals surface area contributed by atoms with E-state index in [9.17, 15) is 13.2 Å². The summed E-state index contributed by atoms with van der Waals surface area (Å²) in [6.07, 6.45) is -4.19. The van der Waals surface area contributed by atoms with E-state index in [-0.39, 0.29) is 5.66 Å². The molecule has 0 amide bonds. The van der Waals surface area contributed by atoms with Crippen molar-refractivity contribution in [3.05, 3.63) is 0 Å². The molecule has 8 heteroatoms. The largest absolute Gasteiger partial charge is 0.490 e. The zero-order valence-corrected chi connectivity index (χ0v) is 7.38. The second-order valence-electron chi connectivity index (χ2n) is 2.76. The van der Waals surface area contributed by atoms with Crippen LogP contribution >= 0.6 is 0 Å². The number of alkyl halides is 3. The van der Waals surface area contributed by atoms with Gasteiger partial charge in [0.05, 0.1) is 0 Å². The van der Waals surface area contributed by atoms with Gasteiger partial charge in [-0.05, 0) is 13.5 Å². The highest BCUT2D eigenvalue weighted by molar-refractivity contribution is 5.73. The number of hydrogen-bond acceptors (Lipinski definition) is 4. The number of carboxylic acid groups (broad SMARTS) is 1. The Hall–Kier alpha value is -1.18. The van der Waals surface area contributed by atoms with Crippen molar-refractivity contribution in [2.45, 2.75) is 25.2 Å². The maximum atomic E-state index is 10.6. The van der Waals surface area contributed by atoms with E-state index in [0.29, 0.717) is 6.54 Å². The van der Waals surface area contributed by atoms with E-state index < -0.39 is 12.1 Å². The number of aliphatic carboxylic acids is 1. The molecule has 0 fully saturated rings. The van der Waals surface area contributed by atoms with E-state index in [0.717, 1.165) is 6.42 Å². The van der Waals surface area contributed by atoms with Crippen LogP contribution in [0.15, 0.2) is 10.2 Å². The topological polar surface area (TPSA) is 88.0 Å². The van der Waals surface area contributed by atoms with Crippen LogP contribution in [0.25, 0.3) is 0 Å². The maximum Gasteiger partial charge on any atom is 0.490 e. The van der Waals surface area contributed by atoms with Gasteiger partial charge in [0.15, 0.2) is 5.66 Å². The average molecular weight is 213 g/mol. The first-order valence-corrected chi connectivity index (χ1v) is 3.65. The molecule has 0 atom stereocenters. The number of carbonyl (C=O) groups is 1. The summed E-state index contributed by atoms with van der Waals surface area (Å²) in [5.74, 6) is -2.76. The third kappa shape index (κ3) is 5.46. The molecule has 0 aromatic rings. The SMILES string of the molecule is CC1(CCN)N=N1.O=C(O)C(F)(F)F. The molecular formula is C6H10F3N3O2. The second kappa shape index (κ2) is 4.36. The molecule has 0 radical (unpaired) electrons. The zero-order valence-electron chi connectivity index (χ0n) is 7.38. The Morgan fingerprint density at radius 2 is 1.86 bits per heavy atom. The fraction of sp³-hybridized carbons (Fsp3) is 0.833. The van der Waals surface area contributed by atoms with E-state index in [4.69, 9.17) is 15.6 Å². The Morgan fingerprint density at radius 1 is 1.50 bits per heavy atom. The predicted molar refractivity (Wildman–Crippen MR) is 40.6 cm³/mol. The highest BCUT2D eigenvalue weighted by Crippen LogP contribution is 2.29. The van der Waals surface area contributed by atoms with Crippen LogP contribution in [0.1, 0.15) is 13.3 Å². The molecule has 5 nitrogen and oxygen atoms in total. The molecule has 0 aromatic heterocycles. The van der Waals surface area contributed by atoms with Crippen molar-refractivity contribution < 1.29 is 23.1 Å². The van der Waals surface area contributed by atoms with Gasteiger partial charge in [-0.3, -0.25) is 0 Å². The normalized spacial score (nSPS) is 16.9. The smallest absolute Gasteiger partial charge is 0.475 e. The summed E-state index contributed by atoms with van der Waals surface area (Å²) in [5, 5.41) is 14.7. The molecule has 82 valence electrons. The van der Waals surface area contributed by atoms with Gasteiger partial charge in [-0.2, -0.15) is 23.4 Å². The highest BCUT2D eigenvalue weighted by atomic mass is 19.4. The molecule has 1 aliphatic heterocycles. The van der Waals surface area contributed by atoms with Gasteiger partial charge in [0, 0.05) is 6.42 Å². The molecule has 3 N–H and O–H groups in total. The van der Waals surface area contributed by atoms with E-state index in [1.54, 1.807) is 0 Å². The Kier molecular flexibility index (Phi) is 3.99. The summed E-state index contributed by atoms with van der Waals surface area (Å²) in [5.41, 5.74) is 5.16. The lowest BCUT2D eigenvalue weighted by atomic mass is 10.2. The number of carboxylic acids is 1. The van der Waals surface area contributed by atoms with Crippen molar-refractivity contribution >= 4 is 5.97 Å². The predicted octanol–water partition coefficient (Wildman–Crippen LogP) is 1.15. The zero-order chi connectivity index (χ0) is 11.4. The number of nitrogens with zero attached hydrogens (tertiary/aromatic N) is 2. The molecule has 0 aromatic carbocycles. The summed E-state index contributed by atoms with van der Waals surface area (Å²) >= 11 is 0. The minimum atomic E-state index is -5.08. The summed E-state index contributed by atoms with van der Waals surface area (Å²) in [6, 6.07) is 0. The van der Waals surface area contributed by atoms with Gasteiger partial charge in [0.1, 0.15) is 0 Å². The molecular weight excluding hydrogens is 203 g/mol. The van der Waals surface area contributed by atoms with Crippen molar-refractivity contribution in [1.29, 1.82) is 0 Å². The van der Waals surface area contributed by atoms with Gasteiger partial charge < -0.3 is 10.8 Å². The van der Waals surface area contributed by atoms with E-state index in [1.165, 1.54) is 0 Å². The van der Waals surface area contributed by atoms with Crippen LogP contribution < -0.4 is 5.73 Å². The first-order chi connectivity index (χ1) is 6.21. The lowest BCUT2D eigenvalue weighted by Gasteiger charge is -1.95. The number of rotatable bonds is 2. The summed E-state index contributed by atoms with van der Waals surface area (Å²) in [4.78, 5) is 8.90. The lowest BCUT2D eigenvalue weighted by Crippen LogP contribution is -2.21. The minimum Gasteiger partial charge on any atom is -0.475 e. The first kappa shape index (κ1) is 12.8. The summed E-state index contributed by atoms with van der Waals surface area (Å²) in [7, 11) is 0. The summed E-state index contributed by atoms with van der Waals surface area (Å²) < 4.78 is 31.7. The van der Waals surface area contributed by atoms with Crippen molar-refractivity contribution in [2.75, 3.05) is 6.54 Å². The quantitative estimate of drug-likeness (QED) is 0.721. The number of hydrogen-bond donors (Lipinski definition) is 2. The Bertz CT molecular complexity index is 233. The highest BCUT2D eigenvalue weighted by Gasteiger charge is 2.38. The molecule has 0 saturated heterocycles. The average Bonchev–Trinajstić information content (AvgIpc) is 2.67. The van der Waals surface area contributed by atoms with E-state index in [2.05, 4.69) is 10.2 Å². The third-order valence-electron chi connectivity index (χ3n) is 1.30. The standard InChI is InChI=1S/C4H9N3.C2HF3O2/c1-4(2-3-5)6-7-4;3-2(4,5)1(6)7/h2-3,5H2,1H3;(H,6,7). The Labute approximate surface area is 77.8 Å². The van der Waals surface area contributed by atoms with Crippen molar-refractivity contribution in [3.8, 4) is 0 Å². The minimum absolute atomic E-state index is 0.0747. The van der Waals surface area contributed by atoms with Crippen LogP contribution in [0, 0.1) is 0 Å². The summed E-state index contributed by atoms with van der Waals surface area (Å²) in [6.45, 7) is 2.66. The Morgan fingerprint density at radius 3 is 1.93 bits per heavy atom. The fourth-order valence-corrected chi connectivity index (χ4v) is 0.459. The second-order valence-corrected chi connectivity index (χ2v) is 2.76. The molecule has 1 aliphatic rings. The van der Waals surface area contributed by atoms with E-state index in [1.807, 2.05) is 6.92 Å². The van der Waals surface area contributed by atoms with Crippen molar-refractivity contribution in [2.24, 2.45) is 16.0 Å². The molecule has 0 spiro atoms. The monoisotopic (exact) mass is 213 g/mol. The van der Waals surface area contributed by atoms with Gasteiger partial charge >= 0.3 is 12.1 Å². The van der Waals surface area contributed by atoms with Crippen LogP contribution in [0.4, 0.5) is 13.2 Å².